The van der Waals surface area contributed by atoms with E-state index in [1.165, 1.54) is 0 Å². The van der Waals surface area contributed by atoms with Crippen molar-refractivity contribution in [2.75, 3.05) is 36.5 Å². The van der Waals surface area contributed by atoms with E-state index in [2.05, 4.69) is 34.1 Å². The number of halogens is 2. The topological polar surface area (TPSA) is 57.4 Å². The van der Waals surface area contributed by atoms with Crippen molar-refractivity contribution in [3.63, 3.8) is 0 Å². The lowest BCUT2D eigenvalue weighted by atomic mass is 10.2. The van der Waals surface area contributed by atoms with Crippen LogP contribution in [0.25, 0.3) is 0 Å². The Labute approximate surface area is 123 Å². The molecule has 0 aromatic carbocycles. The van der Waals surface area contributed by atoms with E-state index in [-0.39, 0.29) is 0 Å². The molecule has 0 spiro atoms. The number of piperazine rings is 1. The number of rotatable bonds is 3. The van der Waals surface area contributed by atoms with Crippen molar-refractivity contribution in [1.82, 2.24) is 9.88 Å². The van der Waals surface area contributed by atoms with E-state index >= 15 is 0 Å². The Kier molecular flexibility index (Phi) is 4.73. The Hall–Kier alpha value is -0.750. The van der Waals surface area contributed by atoms with E-state index in [4.69, 9.17) is 29.0 Å². The van der Waals surface area contributed by atoms with Crippen molar-refractivity contribution < 1.29 is 0 Å². The Morgan fingerprint density at radius 3 is 2.37 bits per heavy atom. The molecular formula is C12H19Cl2N5. The van der Waals surface area contributed by atoms with Gasteiger partial charge in [0.2, 0.25) is 0 Å². The molecule has 2 heterocycles. The molecule has 0 bridgehead atoms. The van der Waals surface area contributed by atoms with Gasteiger partial charge in [0, 0.05) is 32.2 Å². The predicted octanol–water partition coefficient (Wildman–Crippen LogP) is 2.20. The molecule has 1 aromatic rings. The second-order valence-corrected chi connectivity index (χ2v) is 5.70. The molecule has 0 radical (unpaired) electrons. The number of nitrogens with zero attached hydrogens (tertiary/aromatic N) is 3. The lowest BCUT2D eigenvalue weighted by Crippen LogP contribution is -2.49. The fourth-order valence-electron chi connectivity index (χ4n) is 2.23. The minimum atomic E-state index is 0.428. The minimum Gasteiger partial charge on any atom is -0.353 e. The van der Waals surface area contributed by atoms with Crippen LogP contribution in [0.4, 0.5) is 11.6 Å². The van der Waals surface area contributed by atoms with Crippen LogP contribution in [0.15, 0.2) is 6.07 Å². The summed E-state index contributed by atoms with van der Waals surface area (Å²) < 4.78 is 0. The molecule has 0 aliphatic carbocycles. The van der Waals surface area contributed by atoms with Crippen molar-refractivity contribution in [3.8, 4) is 0 Å². The van der Waals surface area contributed by atoms with Gasteiger partial charge in [-0.1, -0.05) is 23.2 Å². The number of hydrogen-bond donors (Lipinski definition) is 2. The molecule has 0 saturated carbocycles. The molecule has 1 saturated heterocycles. The van der Waals surface area contributed by atoms with Crippen LogP contribution in [-0.2, 0) is 0 Å². The Balaban J connectivity index is 2.15. The van der Waals surface area contributed by atoms with E-state index in [1.807, 2.05) is 0 Å². The van der Waals surface area contributed by atoms with Gasteiger partial charge in [0.1, 0.15) is 5.82 Å². The second kappa shape index (κ2) is 6.13. The number of nitrogens with one attached hydrogen (secondary N) is 1. The SMILES string of the molecule is CC(C)N1CCN(c2nc(NN)c(Cl)cc2Cl)CC1. The van der Waals surface area contributed by atoms with Crippen LogP contribution in [0.5, 0.6) is 0 Å². The van der Waals surface area contributed by atoms with Crippen molar-refractivity contribution >= 4 is 34.8 Å². The Morgan fingerprint density at radius 2 is 1.84 bits per heavy atom. The summed E-state index contributed by atoms with van der Waals surface area (Å²) in [4.78, 5) is 8.99. The number of aromatic nitrogens is 1. The van der Waals surface area contributed by atoms with Gasteiger partial charge in [0.15, 0.2) is 5.82 Å². The average Bonchev–Trinajstić information content (AvgIpc) is 2.39. The molecule has 19 heavy (non-hydrogen) atoms. The molecule has 0 unspecified atom stereocenters. The highest BCUT2D eigenvalue weighted by molar-refractivity contribution is 6.37. The molecule has 106 valence electrons. The van der Waals surface area contributed by atoms with Crippen molar-refractivity contribution in [2.24, 2.45) is 5.84 Å². The van der Waals surface area contributed by atoms with Crippen LogP contribution >= 0.6 is 23.2 Å². The lowest BCUT2D eigenvalue weighted by molar-refractivity contribution is 0.209. The highest BCUT2D eigenvalue weighted by atomic mass is 35.5. The predicted molar refractivity (Wildman–Crippen MR) is 81.0 cm³/mol. The smallest absolute Gasteiger partial charge is 0.161 e. The zero-order chi connectivity index (χ0) is 14.0. The molecule has 1 fully saturated rings. The number of hydrazine groups is 1. The monoisotopic (exact) mass is 303 g/mol. The number of anilines is 2. The van der Waals surface area contributed by atoms with E-state index in [0.29, 0.717) is 21.9 Å². The molecule has 5 nitrogen and oxygen atoms in total. The second-order valence-electron chi connectivity index (χ2n) is 4.89. The van der Waals surface area contributed by atoms with Crippen LogP contribution in [0, 0.1) is 0 Å². The highest BCUT2D eigenvalue weighted by Gasteiger charge is 2.22. The van der Waals surface area contributed by atoms with Gasteiger partial charge in [-0.15, -0.1) is 0 Å². The van der Waals surface area contributed by atoms with E-state index < -0.39 is 0 Å². The summed E-state index contributed by atoms with van der Waals surface area (Å²) in [7, 11) is 0. The van der Waals surface area contributed by atoms with Crippen molar-refractivity contribution in [1.29, 1.82) is 0 Å². The summed E-state index contributed by atoms with van der Waals surface area (Å²) in [6, 6.07) is 2.24. The van der Waals surface area contributed by atoms with Gasteiger partial charge in [-0.25, -0.2) is 10.8 Å². The first kappa shape index (κ1) is 14.7. The molecule has 2 rings (SSSR count). The molecule has 1 aliphatic heterocycles. The van der Waals surface area contributed by atoms with Crippen LogP contribution < -0.4 is 16.2 Å². The van der Waals surface area contributed by atoms with Gasteiger partial charge in [-0.2, -0.15) is 0 Å². The van der Waals surface area contributed by atoms with Gasteiger partial charge < -0.3 is 10.3 Å². The summed E-state index contributed by atoms with van der Waals surface area (Å²) in [5.74, 6) is 6.58. The third kappa shape index (κ3) is 3.23. The van der Waals surface area contributed by atoms with Gasteiger partial charge in [0.25, 0.3) is 0 Å². The molecule has 1 aliphatic rings. The number of pyridine rings is 1. The third-order valence-electron chi connectivity index (χ3n) is 3.39. The largest absolute Gasteiger partial charge is 0.353 e. The van der Waals surface area contributed by atoms with Gasteiger partial charge in [-0.05, 0) is 19.9 Å². The quantitative estimate of drug-likeness (QED) is 0.662. The highest BCUT2D eigenvalue weighted by Crippen LogP contribution is 2.31. The zero-order valence-electron chi connectivity index (χ0n) is 11.2. The lowest BCUT2D eigenvalue weighted by Gasteiger charge is -2.37. The molecule has 3 N–H and O–H groups in total. The van der Waals surface area contributed by atoms with Crippen LogP contribution in [0.2, 0.25) is 10.0 Å². The van der Waals surface area contributed by atoms with Crippen molar-refractivity contribution in [2.45, 2.75) is 19.9 Å². The van der Waals surface area contributed by atoms with Crippen LogP contribution in [0.3, 0.4) is 0 Å². The maximum absolute atomic E-state index is 6.22. The average molecular weight is 304 g/mol. The standard InChI is InChI=1S/C12H19Cl2N5/c1-8(2)18-3-5-19(6-4-18)12-10(14)7-9(13)11(16-12)17-15/h7-8H,3-6,15H2,1-2H3,(H,16,17). The molecule has 1 aromatic heterocycles. The summed E-state index contributed by atoms with van der Waals surface area (Å²) in [5, 5.41) is 0.985. The minimum absolute atomic E-state index is 0.428. The number of hydrogen-bond acceptors (Lipinski definition) is 5. The summed E-state index contributed by atoms with van der Waals surface area (Å²) in [6.07, 6.45) is 0. The van der Waals surface area contributed by atoms with Gasteiger partial charge in [-0.3, -0.25) is 4.90 Å². The molecule has 0 atom stereocenters. The molecule has 0 amide bonds. The van der Waals surface area contributed by atoms with Gasteiger partial charge >= 0.3 is 0 Å². The van der Waals surface area contributed by atoms with Crippen molar-refractivity contribution in [3.05, 3.63) is 16.1 Å². The normalized spacial score (nSPS) is 17.1. The Morgan fingerprint density at radius 1 is 1.21 bits per heavy atom. The molecule has 7 heteroatoms. The van der Waals surface area contributed by atoms with E-state index in [0.717, 1.165) is 32.0 Å². The first-order valence-electron chi connectivity index (χ1n) is 6.34. The summed E-state index contributed by atoms with van der Waals surface area (Å²) >= 11 is 12.2. The zero-order valence-corrected chi connectivity index (χ0v) is 12.7. The summed E-state index contributed by atoms with van der Waals surface area (Å²) in [5.41, 5.74) is 2.49. The Bertz CT molecular complexity index is 444. The number of nitrogen functional groups attached to an aromatic ring is 1. The maximum Gasteiger partial charge on any atom is 0.161 e. The van der Waals surface area contributed by atoms with E-state index in [1.54, 1.807) is 6.07 Å². The number of nitrogens with two attached hydrogens (primary N) is 1. The third-order valence-corrected chi connectivity index (χ3v) is 3.96. The first-order valence-corrected chi connectivity index (χ1v) is 7.10. The van der Waals surface area contributed by atoms with Crippen LogP contribution in [0.1, 0.15) is 13.8 Å². The molecular weight excluding hydrogens is 285 g/mol. The van der Waals surface area contributed by atoms with Crippen LogP contribution in [-0.4, -0.2) is 42.1 Å². The first-order chi connectivity index (χ1) is 9.02. The van der Waals surface area contributed by atoms with Gasteiger partial charge in [0.05, 0.1) is 10.0 Å². The van der Waals surface area contributed by atoms with E-state index in [9.17, 15) is 0 Å². The maximum atomic E-state index is 6.22. The fourth-order valence-corrected chi connectivity index (χ4v) is 2.76. The summed E-state index contributed by atoms with van der Waals surface area (Å²) in [6.45, 7) is 8.22. The fraction of sp³-hybridized carbons (Fsp3) is 0.583.